The average Bonchev–Trinajstić information content (AvgIpc) is 3.18. The van der Waals surface area contributed by atoms with E-state index in [1.165, 1.54) is 18.4 Å². The van der Waals surface area contributed by atoms with Crippen molar-refractivity contribution in [3.8, 4) is 0 Å². The molecule has 3 nitrogen and oxygen atoms in total. The Labute approximate surface area is 111 Å². The van der Waals surface area contributed by atoms with Crippen LogP contribution in [0.5, 0.6) is 0 Å². The van der Waals surface area contributed by atoms with Crippen LogP contribution < -0.4 is 5.32 Å². The van der Waals surface area contributed by atoms with Crippen LogP contribution in [-0.4, -0.2) is 37.0 Å². The number of likely N-dealkylation sites (tertiary alicyclic amines) is 1. The van der Waals surface area contributed by atoms with E-state index in [4.69, 9.17) is 0 Å². The second kappa shape index (κ2) is 6.37. The van der Waals surface area contributed by atoms with Gasteiger partial charge < -0.3 is 5.32 Å². The summed E-state index contributed by atoms with van der Waals surface area (Å²) >= 11 is 0. The highest BCUT2D eigenvalue weighted by Gasteiger charge is 2.27. The number of nitrogens with one attached hydrogen (secondary N) is 1. The van der Waals surface area contributed by atoms with Gasteiger partial charge in [-0.05, 0) is 52.0 Å². The van der Waals surface area contributed by atoms with E-state index in [9.17, 15) is 4.79 Å². The summed E-state index contributed by atoms with van der Waals surface area (Å²) in [6.07, 6.45) is 7.07. The quantitative estimate of drug-likeness (QED) is 0.759. The van der Waals surface area contributed by atoms with Crippen molar-refractivity contribution in [3.63, 3.8) is 0 Å². The maximum atomic E-state index is 12.1. The molecule has 1 aliphatic heterocycles. The monoisotopic (exact) mass is 250 g/mol. The fraction of sp³-hybridized carbons (Fsp3) is 0.800. The zero-order valence-corrected chi connectivity index (χ0v) is 11.7. The summed E-state index contributed by atoms with van der Waals surface area (Å²) in [5, 5.41) is 3.12. The van der Waals surface area contributed by atoms with Gasteiger partial charge in [-0.15, -0.1) is 0 Å². The predicted molar refractivity (Wildman–Crippen MR) is 74.3 cm³/mol. The van der Waals surface area contributed by atoms with Crippen LogP contribution in [0.4, 0.5) is 0 Å². The first-order valence-corrected chi connectivity index (χ1v) is 7.28. The molecule has 1 aliphatic carbocycles. The van der Waals surface area contributed by atoms with Crippen molar-refractivity contribution < 1.29 is 4.79 Å². The van der Waals surface area contributed by atoms with Crippen molar-refractivity contribution in [2.45, 2.75) is 39.5 Å². The van der Waals surface area contributed by atoms with Crippen LogP contribution in [-0.2, 0) is 4.79 Å². The first-order valence-electron chi connectivity index (χ1n) is 7.28. The number of hydrogen-bond donors (Lipinski definition) is 1. The van der Waals surface area contributed by atoms with Crippen molar-refractivity contribution in [1.82, 2.24) is 10.2 Å². The van der Waals surface area contributed by atoms with Crippen molar-refractivity contribution in [2.75, 3.05) is 26.2 Å². The molecule has 1 unspecified atom stereocenters. The Morgan fingerprint density at radius 1 is 1.33 bits per heavy atom. The smallest absolute Gasteiger partial charge is 0.224 e. The van der Waals surface area contributed by atoms with Gasteiger partial charge in [0, 0.05) is 19.6 Å². The lowest BCUT2D eigenvalue weighted by Crippen LogP contribution is -2.43. The van der Waals surface area contributed by atoms with E-state index >= 15 is 0 Å². The fourth-order valence-corrected chi connectivity index (χ4v) is 2.46. The van der Waals surface area contributed by atoms with Gasteiger partial charge in [0.25, 0.3) is 0 Å². The van der Waals surface area contributed by atoms with E-state index in [1.807, 2.05) is 0 Å². The molecule has 1 heterocycles. The third kappa shape index (κ3) is 4.45. The minimum Gasteiger partial charge on any atom is -0.356 e. The second-order valence-electron chi connectivity index (χ2n) is 6.07. The van der Waals surface area contributed by atoms with Gasteiger partial charge in [0.2, 0.25) is 5.91 Å². The van der Waals surface area contributed by atoms with E-state index in [0.29, 0.717) is 0 Å². The summed E-state index contributed by atoms with van der Waals surface area (Å²) in [5.41, 5.74) is 1.36. The molecule has 18 heavy (non-hydrogen) atoms. The molecular formula is C15H26N2O. The Kier molecular flexibility index (Phi) is 4.81. The van der Waals surface area contributed by atoms with Crippen molar-refractivity contribution in [2.24, 2.45) is 11.8 Å². The van der Waals surface area contributed by atoms with E-state index in [-0.39, 0.29) is 11.8 Å². The molecule has 0 aromatic carbocycles. The lowest BCUT2D eigenvalue weighted by Gasteiger charge is -2.31. The normalized spacial score (nSPS) is 24.7. The Bertz CT molecular complexity index is 316. The van der Waals surface area contributed by atoms with Gasteiger partial charge in [-0.25, -0.2) is 0 Å². The summed E-state index contributed by atoms with van der Waals surface area (Å²) in [6, 6.07) is 0. The first kappa shape index (κ1) is 13.6. The minimum atomic E-state index is 0.211. The van der Waals surface area contributed by atoms with Gasteiger partial charge in [0.15, 0.2) is 0 Å². The molecule has 0 aromatic rings. The molecule has 1 N–H and O–H groups in total. The van der Waals surface area contributed by atoms with Crippen molar-refractivity contribution in [3.05, 3.63) is 11.6 Å². The SMILES string of the molecule is CC(C)=CCN1CCCC(C(=O)NCC2CC2)C1. The summed E-state index contributed by atoms with van der Waals surface area (Å²) in [5.74, 6) is 1.27. The van der Waals surface area contributed by atoms with E-state index < -0.39 is 0 Å². The molecule has 2 rings (SSSR count). The Morgan fingerprint density at radius 3 is 2.78 bits per heavy atom. The molecule has 2 aliphatic rings. The van der Waals surface area contributed by atoms with Crippen LogP contribution in [0.25, 0.3) is 0 Å². The van der Waals surface area contributed by atoms with E-state index in [1.54, 1.807) is 0 Å². The summed E-state index contributed by atoms with van der Waals surface area (Å²) < 4.78 is 0. The van der Waals surface area contributed by atoms with Crippen LogP contribution in [0.15, 0.2) is 11.6 Å². The molecule has 3 heteroatoms. The Morgan fingerprint density at radius 2 is 2.11 bits per heavy atom. The van der Waals surface area contributed by atoms with E-state index in [0.717, 1.165) is 44.9 Å². The highest BCUT2D eigenvalue weighted by Crippen LogP contribution is 2.27. The number of hydrogen-bond acceptors (Lipinski definition) is 2. The molecule has 0 aromatic heterocycles. The third-order valence-electron chi connectivity index (χ3n) is 3.90. The summed E-state index contributed by atoms with van der Waals surface area (Å²) in [6.45, 7) is 8.22. The van der Waals surface area contributed by atoms with Crippen molar-refractivity contribution in [1.29, 1.82) is 0 Å². The predicted octanol–water partition coefficient (Wildman–Crippen LogP) is 2.19. The molecule has 1 saturated carbocycles. The molecule has 1 atom stereocenters. The van der Waals surface area contributed by atoms with Gasteiger partial charge in [0.05, 0.1) is 5.92 Å². The maximum absolute atomic E-state index is 12.1. The first-order chi connectivity index (χ1) is 8.65. The molecule has 1 amide bonds. The fourth-order valence-electron chi connectivity index (χ4n) is 2.46. The number of carbonyl (C=O) groups excluding carboxylic acids is 1. The van der Waals surface area contributed by atoms with Crippen LogP contribution in [0.2, 0.25) is 0 Å². The number of carbonyl (C=O) groups is 1. The Balaban J connectivity index is 1.74. The highest BCUT2D eigenvalue weighted by molar-refractivity contribution is 5.79. The van der Waals surface area contributed by atoms with Gasteiger partial charge in [-0.3, -0.25) is 9.69 Å². The molecular weight excluding hydrogens is 224 g/mol. The average molecular weight is 250 g/mol. The maximum Gasteiger partial charge on any atom is 0.224 e. The zero-order chi connectivity index (χ0) is 13.0. The lowest BCUT2D eigenvalue weighted by molar-refractivity contribution is -0.126. The van der Waals surface area contributed by atoms with Gasteiger partial charge in [-0.1, -0.05) is 11.6 Å². The Hall–Kier alpha value is -0.830. The van der Waals surface area contributed by atoms with Crippen LogP contribution >= 0.6 is 0 Å². The highest BCUT2D eigenvalue weighted by atomic mass is 16.1. The lowest BCUT2D eigenvalue weighted by atomic mass is 9.97. The molecule has 0 bridgehead atoms. The third-order valence-corrected chi connectivity index (χ3v) is 3.90. The van der Waals surface area contributed by atoms with Crippen LogP contribution in [0.3, 0.4) is 0 Å². The molecule has 102 valence electrons. The zero-order valence-electron chi connectivity index (χ0n) is 11.7. The van der Waals surface area contributed by atoms with E-state index in [2.05, 4.69) is 30.1 Å². The number of piperidine rings is 1. The van der Waals surface area contributed by atoms with Crippen LogP contribution in [0.1, 0.15) is 39.5 Å². The standard InChI is InChI=1S/C15H26N2O/c1-12(2)7-9-17-8-3-4-14(11-17)15(18)16-10-13-5-6-13/h7,13-14H,3-6,8-11H2,1-2H3,(H,16,18). The number of allylic oxidation sites excluding steroid dienone is 1. The number of nitrogens with zero attached hydrogens (tertiary/aromatic N) is 1. The molecule has 0 spiro atoms. The minimum absolute atomic E-state index is 0.211. The van der Waals surface area contributed by atoms with Gasteiger partial charge >= 0.3 is 0 Å². The van der Waals surface area contributed by atoms with Crippen LogP contribution in [0, 0.1) is 11.8 Å². The summed E-state index contributed by atoms with van der Waals surface area (Å²) in [4.78, 5) is 14.5. The molecule has 1 saturated heterocycles. The molecule has 2 fully saturated rings. The largest absolute Gasteiger partial charge is 0.356 e. The number of amides is 1. The van der Waals surface area contributed by atoms with Gasteiger partial charge in [-0.2, -0.15) is 0 Å². The number of rotatable bonds is 5. The van der Waals surface area contributed by atoms with Gasteiger partial charge in [0.1, 0.15) is 0 Å². The van der Waals surface area contributed by atoms with Crippen molar-refractivity contribution >= 4 is 5.91 Å². The second-order valence-corrected chi connectivity index (χ2v) is 6.07. The molecule has 0 radical (unpaired) electrons. The summed E-state index contributed by atoms with van der Waals surface area (Å²) in [7, 11) is 0. The topological polar surface area (TPSA) is 32.3 Å².